The number of nitrogens with one attached hydrogen (secondary N) is 1. The van der Waals surface area contributed by atoms with Gasteiger partial charge in [-0.1, -0.05) is 6.07 Å². The second-order valence-corrected chi connectivity index (χ2v) is 13.2. The van der Waals surface area contributed by atoms with E-state index in [1.807, 2.05) is 33.7 Å². The van der Waals surface area contributed by atoms with Gasteiger partial charge >= 0.3 is 0 Å². The molecule has 2 amide bonds. The Morgan fingerprint density at radius 2 is 1.68 bits per heavy atom. The van der Waals surface area contributed by atoms with Crippen LogP contribution in [-0.2, 0) is 6.54 Å². The largest absolute Gasteiger partial charge is 0.497 e. The number of fused-ring (bicyclic) bond motifs is 4. The van der Waals surface area contributed by atoms with Crippen molar-refractivity contribution in [2.75, 3.05) is 61.5 Å². The summed E-state index contributed by atoms with van der Waals surface area (Å²) in [4.78, 5) is 46.4. The molecular weight excluding hydrogens is 665 g/mol. The second kappa shape index (κ2) is 12.9. The van der Waals surface area contributed by atoms with Crippen LogP contribution in [0.4, 0.5) is 21.5 Å². The number of benzene rings is 3. The summed E-state index contributed by atoms with van der Waals surface area (Å²) in [6.07, 6.45) is 0.999. The number of amides is 2. The molecule has 9 nitrogen and oxygen atoms in total. The van der Waals surface area contributed by atoms with Crippen LogP contribution >= 0.6 is 15.9 Å². The van der Waals surface area contributed by atoms with Crippen LogP contribution in [0, 0.1) is 11.7 Å². The van der Waals surface area contributed by atoms with Crippen molar-refractivity contribution in [2.24, 2.45) is 5.92 Å². The molecule has 3 aliphatic rings. The summed E-state index contributed by atoms with van der Waals surface area (Å²) < 4.78 is 21.3. The maximum absolute atomic E-state index is 13.8. The molecule has 2 fully saturated rings. The number of ether oxygens (including phenoxy) is 1. The lowest BCUT2D eigenvalue weighted by Crippen LogP contribution is -2.49. The van der Waals surface area contributed by atoms with Gasteiger partial charge in [-0.05, 0) is 95.0 Å². The van der Waals surface area contributed by atoms with E-state index < -0.39 is 0 Å². The summed E-state index contributed by atoms with van der Waals surface area (Å²) in [5.41, 5.74) is 4.27. The van der Waals surface area contributed by atoms with E-state index in [0.717, 1.165) is 30.0 Å². The first-order valence-electron chi connectivity index (χ1n) is 15.8. The molecule has 2 unspecified atom stereocenters. The fourth-order valence-corrected chi connectivity index (χ4v) is 7.56. The molecule has 0 radical (unpaired) electrons. The predicted octanol–water partition coefficient (Wildman–Crippen LogP) is 5.60. The molecule has 242 valence electrons. The van der Waals surface area contributed by atoms with Crippen LogP contribution in [0.3, 0.4) is 0 Å². The first-order valence-corrected chi connectivity index (χ1v) is 16.6. The molecule has 0 aliphatic carbocycles. The van der Waals surface area contributed by atoms with Crippen LogP contribution in [0.25, 0.3) is 0 Å². The first-order chi connectivity index (χ1) is 22.8. The predicted molar refractivity (Wildman–Crippen MR) is 183 cm³/mol. The fraction of sp³-hybridized carbons (Fsp3) is 0.306. The molecule has 0 spiro atoms. The van der Waals surface area contributed by atoms with E-state index >= 15 is 0 Å². The minimum absolute atomic E-state index is 0.0313. The molecule has 2 saturated heterocycles. The van der Waals surface area contributed by atoms with Gasteiger partial charge in [0.05, 0.1) is 24.0 Å². The molecule has 11 heteroatoms. The third-order valence-corrected chi connectivity index (χ3v) is 10.2. The SMILES string of the molecule is COc1ccc(Br)c(C(=O)Nc2cc(C(=O)N3CCN(c4ccc(F)cc4)CC3)ccc2N2CC3CC(C2)c2cccc(=O)n2C3)c1. The Hall–Kier alpha value is -4.64. The molecule has 2 bridgehead atoms. The van der Waals surface area contributed by atoms with Gasteiger partial charge in [-0.15, -0.1) is 0 Å². The van der Waals surface area contributed by atoms with Crippen molar-refractivity contribution in [2.45, 2.75) is 18.9 Å². The number of pyridine rings is 1. The van der Waals surface area contributed by atoms with E-state index in [9.17, 15) is 18.8 Å². The number of piperidine rings is 1. The van der Waals surface area contributed by atoms with Gasteiger partial charge in [-0.25, -0.2) is 4.39 Å². The van der Waals surface area contributed by atoms with Gasteiger partial charge < -0.3 is 29.3 Å². The number of methoxy groups -OCH3 is 1. The Bertz CT molecular complexity index is 1890. The standard InChI is InChI=1S/C36H35BrFN5O4/c1-47-28-10-11-30(37)29(19-28)35(45)39-31-18-24(36(46)41-15-13-40(14-16-41)27-8-6-26(38)7-9-27)5-12-33(31)42-20-23-17-25(22-42)32-3-2-4-34(44)43(32)21-23/h2-12,18-19,23,25H,13-17,20-22H2,1H3,(H,39,45). The normalized spacial score (nSPS) is 18.8. The van der Waals surface area contributed by atoms with Gasteiger partial charge in [-0.2, -0.15) is 0 Å². The highest BCUT2D eigenvalue weighted by Gasteiger charge is 2.35. The lowest BCUT2D eigenvalue weighted by molar-refractivity contribution is 0.0746. The molecule has 47 heavy (non-hydrogen) atoms. The Morgan fingerprint density at radius 1 is 0.894 bits per heavy atom. The van der Waals surface area contributed by atoms with Crippen LogP contribution in [0.15, 0.2) is 88.1 Å². The number of halogens is 2. The van der Waals surface area contributed by atoms with Crippen LogP contribution in [0.5, 0.6) is 5.75 Å². The Morgan fingerprint density at radius 3 is 2.45 bits per heavy atom. The van der Waals surface area contributed by atoms with E-state index in [1.165, 1.54) is 12.1 Å². The molecule has 3 aromatic carbocycles. The number of carbonyl (C=O) groups excluding carboxylic acids is 2. The van der Waals surface area contributed by atoms with E-state index in [1.54, 1.807) is 49.6 Å². The van der Waals surface area contributed by atoms with E-state index in [0.29, 0.717) is 66.3 Å². The lowest BCUT2D eigenvalue weighted by atomic mass is 9.83. The summed E-state index contributed by atoms with van der Waals surface area (Å²) in [6, 6.07) is 22.6. The minimum Gasteiger partial charge on any atom is -0.497 e. The Kier molecular flexibility index (Phi) is 8.48. The number of hydrogen-bond donors (Lipinski definition) is 1. The van der Waals surface area contributed by atoms with Crippen LogP contribution < -0.4 is 25.4 Å². The van der Waals surface area contributed by atoms with Crippen molar-refractivity contribution in [1.82, 2.24) is 9.47 Å². The number of rotatable bonds is 6. The Balaban J connectivity index is 1.17. The third-order valence-electron chi connectivity index (χ3n) is 9.49. The molecule has 4 aromatic rings. The molecular formula is C36H35BrFN5O4. The summed E-state index contributed by atoms with van der Waals surface area (Å²) in [7, 11) is 1.55. The minimum atomic E-state index is -0.330. The van der Waals surface area contributed by atoms with Crippen LogP contribution in [-0.4, -0.2) is 67.7 Å². The maximum Gasteiger partial charge on any atom is 0.257 e. The molecule has 3 aliphatic heterocycles. The van der Waals surface area contributed by atoms with E-state index in [4.69, 9.17) is 4.74 Å². The molecule has 2 atom stereocenters. The average molecular weight is 701 g/mol. The van der Waals surface area contributed by atoms with Gasteiger partial charge in [0.25, 0.3) is 17.4 Å². The maximum atomic E-state index is 13.8. The number of piperazine rings is 1. The summed E-state index contributed by atoms with van der Waals surface area (Å²) >= 11 is 3.50. The van der Waals surface area contributed by atoms with Crippen molar-refractivity contribution >= 4 is 44.8 Å². The number of aromatic nitrogens is 1. The highest BCUT2D eigenvalue weighted by atomic mass is 79.9. The Labute approximate surface area is 280 Å². The van der Waals surface area contributed by atoms with Crippen molar-refractivity contribution < 1.29 is 18.7 Å². The van der Waals surface area contributed by atoms with Crippen molar-refractivity contribution in [3.8, 4) is 5.75 Å². The monoisotopic (exact) mass is 699 g/mol. The number of carbonyl (C=O) groups is 2. The van der Waals surface area contributed by atoms with Gasteiger partial charge in [0, 0.05) is 79.2 Å². The molecule has 1 N–H and O–H groups in total. The second-order valence-electron chi connectivity index (χ2n) is 12.4. The highest BCUT2D eigenvalue weighted by Crippen LogP contribution is 2.40. The first kappa shape index (κ1) is 31.0. The number of nitrogens with zero attached hydrogens (tertiary/aromatic N) is 4. The zero-order valence-corrected chi connectivity index (χ0v) is 27.6. The smallest absolute Gasteiger partial charge is 0.257 e. The highest BCUT2D eigenvalue weighted by molar-refractivity contribution is 9.10. The van der Waals surface area contributed by atoms with Crippen molar-refractivity contribution in [1.29, 1.82) is 0 Å². The molecule has 0 saturated carbocycles. The van der Waals surface area contributed by atoms with Crippen LogP contribution in [0.2, 0.25) is 0 Å². The van der Waals surface area contributed by atoms with Crippen molar-refractivity contribution in [3.05, 3.63) is 116 Å². The lowest BCUT2D eigenvalue weighted by Gasteiger charge is -2.44. The molecule has 1 aromatic heterocycles. The zero-order valence-electron chi connectivity index (χ0n) is 26.0. The quantitative estimate of drug-likeness (QED) is 0.282. The molecule has 7 rings (SSSR count). The summed E-state index contributed by atoms with van der Waals surface area (Å²) in [5, 5.41) is 3.11. The topological polar surface area (TPSA) is 87.1 Å². The van der Waals surface area contributed by atoms with Crippen molar-refractivity contribution in [3.63, 3.8) is 0 Å². The van der Waals surface area contributed by atoms with Gasteiger partial charge in [-0.3, -0.25) is 14.4 Å². The van der Waals surface area contributed by atoms with E-state index in [2.05, 4.69) is 31.0 Å². The summed E-state index contributed by atoms with van der Waals surface area (Å²) in [6.45, 7) is 4.36. The van der Waals surface area contributed by atoms with Gasteiger partial charge in [0.15, 0.2) is 0 Å². The zero-order chi connectivity index (χ0) is 32.7. The van der Waals surface area contributed by atoms with Gasteiger partial charge in [0.1, 0.15) is 11.6 Å². The average Bonchev–Trinajstić information content (AvgIpc) is 3.09. The summed E-state index contributed by atoms with van der Waals surface area (Å²) in [5.74, 6) is 0.281. The number of hydrogen-bond acceptors (Lipinski definition) is 6. The van der Waals surface area contributed by atoms with Crippen LogP contribution in [0.1, 0.15) is 38.7 Å². The third kappa shape index (κ3) is 6.24. The van der Waals surface area contributed by atoms with Gasteiger partial charge in [0.2, 0.25) is 0 Å². The van der Waals surface area contributed by atoms with E-state index in [-0.39, 0.29) is 35.0 Å². The number of anilines is 3. The molecule has 4 heterocycles. The fourth-order valence-electron chi connectivity index (χ4n) is 7.14.